The Hall–Kier alpha value is -2.08. The van der Waals surface area contributed by atoms with Crippen LogP contribution in [-0.2, 0) is 18.9 Å². The third kappa shape index (κ3) is 5.79. The highest BCUT2D eigenvalue weighted by Crippen LogP contribution is 2.29. The van der Waals surface area contributed by atoms with Crippen molar-refractivity contribution in [3.05, 3.63) is 59.9 Å². The normalized spacial score (nSPS) is 24.0. The average molecular weight is 426 g/mol. The maximum Gasteiger partial charge on any atom is 0.198 e. The molecule has 5 nitrogen and oxygen atoms in total. The van der Waals surface area contributed by atoms with Gasteiger partial charge in [0.1, 0.15) is 0 Å². The van der Waals surface area contributed by atoms with Crippen LogP contribution in [0.3, 0.4) is 0 Å². The van der Waals surface area contributed by atoms with Crippen LogP contribution in [0.5, 0.6) is 0 Å². The van der Waals surface area contributed by atoms with Crippen LogP contribution in [0.25, 0.3) is 5.57 Å². The van der Waals surface area contributed by atoms with E-state index >= 15 is 0 Å². The summed E-state index contributed by atoms with van der Waals surface area (Å²) in [5, 5.41) is 0. The molecule has 2 heterocycles. The molecule has 168 valence electrons. The molecule has 0 aromatic heterocycles. The van der Waals surface area contributed by atoms with E-state index in [0.29, 0.717) is 5.92 Å². The van der Waals surface area contributed by atoms with Crippen molar-refractivity contribution in [1.82, 2.24) is 0 Å². The van der Waals surface area contributed by atoms with Crippen molar-refractivity contribution in [3.63, 3.8) is 0 Å². The minimum Gasteiger partial charge on any atom is -0.472 e. The molecule has 0 bridgehead atoms. The van der Waals surface area contributed by atoms with Crippen molar-refractivity contribution >= 4 is 11.3 Å². The van der Waals surface area contributed by atoms with Crippen molar-refractivity contribution in [2.75, 3.05) is 38.8 Å². The third-order valence-corrected chi connectivity index (χ3v) is 6.50. The Bertz CT molecular complexity index is 780. The lowest BCUT2D eigenvalue weighted by Gasteiger charge is -2.36. The highest BCUT2D eigenvalue weighted by atomic mass is 16.7. The molecule has 0 spiro atoms. The van der Waals surface area contributed by atoms with Gasteiger partial charge >= 0.3 is 0 Å². The van der Waals surface area contributed by atoms with E-state index < -0.39 is 0 Å². The van der Waals surface area contributed by atoms with E-state index in [1.807, 2.05) is 6.26 Å². The number of anilines is 1. The van der Waals surface area contributed by atoms with Crippen LogP contribution >= 0.6 is 0 Å². The quantitative estimate of drug-likeness (QED) is 0.438. The summed E-state index contributed by atoms with van der Waals surface area (Å²) in [7, 11) is 3.45. The zero-order chi connectivity index (χ0) is 21.5. The largest absolute Gasteiger partial charge is 0.472 e. The molecule has 0 saturated carbocycles. The first kappa shape index (κ1) is 22.1. The second-order valence-electron chi connectivity index (χ2n) is 8.53. The van der Waals surface area contributed by atoms with Crippen LogP contribution < -0.4 is 4.90 Å². The van der Waals surface area contributed by atoms with Crippen LogP contribution in [0, 0.1) is 5.92 Å². The van der Waals surface area contributed by atoms with Gasteiger partial charge in [-0.3, -0.25) is 0 Å². The fourth-order valence-electron chi connectivity index (χ4n) is 4.62. The lowest BCUT2D eigenvalue weighted by Crippen LogP contribution is -2.39. The lowest BCUT2D eigenvalue weighted by molar-refractivity contribution is -0.141. The Balaban J connectivity index is 1.29. The zero-order valence-corrected chi connectivity index (χ0v) is 18.8. The number of piperidine rings is 1. The van der Waals surface area contributed by atoms with Gasteiger partial charge < -0.3 is 23.8 Å². The van der Waals surface area contributed by atoms with Crippen LogP contribution in [0.15, 0.2) is 54.3 Å². The van der Waals surface area contributed by atoms with Gasteiger partial charge in [-0.1, -0.05) is 30.4 Å². The number of methoxy groups -OCH3 is 2. The molecule has 1 unspecified atom stereocenters. The van der Waals surface area contributed by atoms with E-state index in [2.05, 4.69) is 47.4 Å². The number of nitrogens with zero attached hydrogens (tertiary/aromatic N) is 1. The molecule has 2 fully saturated rings. The first-order valence-corrected chi connectivity index (χ1v) is 11.5. The van der Waals surface area contributed by atoms with E-state index in [9.17, 15) is 0 Å². The van der Waals surface area contributed by atoms with Crippen molar-refractivity contribution in [2.45, 2.75) is 51.1 Å². The van der Waals surface area contributed by atoms with Gasteiger partial charge in [0.05, 0.1) is 12.9 Å². The SMILES string of the molecule is COC(OC)C1CCN(c2ccc(C3=CC/C(=C/OC4CCCCO4)C=C3)cc2)CC1. The number of rotatable bonds is 7. The number of benzene rings is 1. The third-order valence-electron chi connectivity index (χ3n) is 6.50. The molecule has 3 aliphatic rings. The first-order valence-electron chi connectivity index (χ1n) is 11.5. The molecule has 0 N–H and O–H groups in total. The van der Waals surface area contributed by atoms with Crippen molar-refractivity contribution in [2.24, 2.45) is 5.92 Å². The number of ether oxygens (including phenoxy) is 4. The fourth-order valence-corrected chi connectivity index (χ4v) is 4.62. The van der Waals surface area contributed by atoms with Crippen molar-refractivity contribution < 1.29 is 18.9 Å². The van der Waals surface area contributed by atoms with Crippen molar-refractivity contribution in [1.29, 1.82) is 0 Å². The molecule has 1 aromatic rings. The summed E-state index contributed by atoms with van der Waals surface area (Å²) in [4.78, 5) is 2.46. The topological polar surface area (TPSA) is 40.2 Å². The summed E-state index contributed by atoms with van der Waals surface area (Å²) >= 11 is 0. The highest BCUT2D eigenvalue weighted by molar-refractivity contribution is 5.77. The van der Waals surface area contributed by atoms with Crippen LogP contribution in [0.2, 0.25) is 0 Å². The Kier molecular flexibility index (Phi) is 7.84. The lowest BCUT2D eigenvalue weighted by atomic mass is 9.95. The molecular weight excluding hydrogens is 390 g/mol. The molecule has 1 aromatic carbocycles. The van der Waals surface area contributed by atoms with Crippen molar-refractivity contribution in [3.8, 4) is 0 Å². The standard InChI is InChI=1S/C26H35NO4/c1-28-26(29-2)23-14-16-27(17-15-23)24-12-10-22(11-13-24)21-8-6-20(7-9-21)19-31-25-5-3-4-18-30-25/h6,8-13,19,23,25-26H,3-5,7,14-18H2,1-2H3/b20-19+. The van der Waals surface area contributed by atoms with Gasteiger partial charge in [0.25, 0.3) is 0 Å². The molecule has 2 aliphatic heterocycles. The van der Waals surface area contributed by atoms with E-state index in [4.69, 9.17) is 18.9 Å². The number of hydrogen-bond donors (Lipinski definition) is 0. The Morgan fingerprint density at radius 1 is 1.00 bits per heavy atom. The molecule has 2 saturated heterocycles. The summed E-state index contributed by atoms with van der Waals surface area (Å²) < 4.78 is 22.3. The smallest absolute Gasteiger partial charge is 0.198 e. The molecule has 1 atom stereocenters. The van der Waals surface area contributed by atoms with E-state index in [-0.39, 0.29) is 12.6 Å². The second-order valence-corrected chi connectivity index (χ2v) is 8.53. The van der Waals surface area contributed by atoms with Gasteiger partial charge in [0.2, 0.25) is 0 Å². The second kappa shape index (κ2) is 11.0. The van der Waals surface area contributed by atoms with E-state index in [1.54, 1.807) is 14.2 Å². The minimum atomic E-state index is -0.0888. The Morgan fingerprint density at radius 2 is 1.77 bits per heavy atom. The summed E-state index contributed by atoms with van der Waals surface area (Å²) in [5.74, 6) is 0.471. The minimum absolute atomic E-state index is 0.0764. The molecular formula is C26H35NO4. The Morgan fingerprint density at radius 3 is 2.39 bits per heavy atom. The number of allylic oxidation sites excluding steroid dienone is 5. The first-order chi connectivity index (χ1) is 15.3. The van der Waals surface area contributed by atoms with E-state index in [1.165, 1.54) is 28.8 Å². The Labute approximate surface area is 186 Å². The molecule has 5 heteroatoms. The molecule has 0 amide bonds. The van der Waals surface area contributed by atoms with Gasteiger partial charge in [-0.2, -0.15) is 0 Å². The molecule has 4 rings (SSSR count). The maximum absolute atomic E-state index is 5.80. The number of hydrogen-bond acceptors (Lipinski definition) is 5. The van der Waals surface area contributed by atoms with E-state index in [0.717, 1.165) is 51.8 Å². The van der Waals surface area contributed by atoms with Crippen LogP contribution in [-0.4, -0.2) is 46.5 Å². The van der Waals surface area contributed by atoms with Crippen LogP contribution in [0.1, 0.15) is 44.1 Å². The zero-order valence-electron chi connectivity index (χ0n) is 18.8. The summed E-state index contributed by atoms with van der Waals surface area (Å²) in [6.07, 6.45) is 14.7. The fraction of sp³-hybridized carbons (Fsp3) is 0.538. The van der Waals surface area contributed by atoms with Gasteiger partial charge in [0.15, 0.2) is 12.6 Å². The average Bonchev–Trinajstić information content (AvgIpc) is 2.85. The van der Waals surface area contributed by atoms with Gasteiger partial charge in [-0.25, -0.2) is 0 Å². The monoisotopic (exact) mass is 425 g/mol. The summed E-state index contributed by atoms with van der Waals surface area (Å²) in [6.45, 7) is 2.88. The van der Waals surface area contributed by atoms with Gasteiger partial charge in [0, 0.05) is 45.3 Å². The van der Waals surface area contributed by atoms with Gasteiger partial charge in [-0.05, 0) is 60.9 Å². The summed E-state index contributed by atoms with van der Waals surface area (Å²) in [5.41, 5.74) is 4.99. The predicted molar refractivity (Wildman–Crippen MR) is 124 cm³/mol. The molecule has 31 heavy (non-hydrogen) atoms. The summed E-state index contributed by atoms with van der Waals surface area (Å²) in [6, 6.07) is 8.93. The maximum atomic E-state index is 5.80. The molecule has 1 aliphatic carbocycles. The van der Waals surface area contributed by atoms with Crippen LogP contribution in [0.4, 0.5) is 5.69 Å². The predicted octanol–water partition coefficient (Wildman–Crippen LogP) is 5.29. The van der Waals surface area contributed by atoms with Gasteiger partial charge in [-0.15, -0.1) is 0 Å². The highest BCUT2D eigenvalue weighted by Gasteiger charge is 2.26. The molecule has 0 radical (unpaired) electrons.